The van der Waals surface area contributed by atoms with Gasteiger partial charge in [0.15, 0.2) is 0 Å². The van der Waals surface area contributed by atoms with Crippen LogP contribution in [0.15, 0.2) is 48.5 Å². The second kappa shape index (κ2) is 10.5. The summed E-state index contributed by atoms with van der Waals surface area (Å²) in [6.07, 6.45) is 2.30. The Bertz CT molecular complexity index is 945. The molecule has 0 radical (unpaired) electrons. The molecule has 0 unspecified atom stereocenters. The van der Waals surface area contributed by atoms with Gasteiger partial charge in [0.1, 0.15) is 6.04 Å². The number of rotatable bonds is 10. The third-order valence-corrected chi connectivity index (χ3v) is 6.26. The van der Waals surface area contributed by atoms with Gasteiger partial charge in [-0.15, -0.1) is 0 Å². The van der Waals surface area contributed by atoms with Crippen LogP contribution in [0.5, 0.6) is 0 Å². The fourth-order valence-corrected chi connectivity index (χ4v) is 4.71. The largest absolute Gasteiger partial charge is 0.375 e. The molecule has 6 nitrogen and oxygen atoms in total. The number of nitrogens with zero attached hydrogens (tertiary/aromatic N) is 2. The molecule has 7 heteroatoms. The number of carbonyl (C=O) groups excluding carboxylic acids is 1. The lowest BCUT2D eigenvalue weighted by Crippen LogP contribution is -2.49. The quantitative estimate of drug-likeness (QED) is 0.585. The lowest BCUT2D eigenvalue weighted by atomic mass is 10.1. The normalized spacial score (nSPS) is 12.3. The van der Waals surface area contributed by atoms with Crippen molar-refractivity contribution in [1.29, 1.82) is 0 Å². The third kappa shape index (κ3) is 6.23. The molecule has 1 N–H and O–H groups in total. The van der Waals surface area contributed by atoms with Gasteiger partial charge in [0, 0.05) is 25.8 Å². The minimum absolute atomic E-state index is 0.272. The molecule has 0 spiro atoms. The van der Waals surface area contributed by atoms with E-state index in [1.54, 1.807) is 0 Å². The summed E-state index contributed by atoms with van der Waals surface area (Å²) < 4.78 is 26.5. The first-order valence-corrected chi connectivity index (χ1v) is 12.1. The van der Waals surface area contributed by atoms with E-state index in [1.165, 1.54) is 4.31 Å². The molecule has 0 heterocycles. The van der Waals surface area contributed by atoms with E-state index in [9.17, 15) is 13.2 Å². The molecule has 0 saturated carbocycles. The van der Waals surface area contributed by atoms with Gasteiger partial charge < -0.3 is 10.2 Å². The van der Waals surface area contributed by atoms with Gasteiger partial charge in [0.2, 0.25) is 15.9 Å². The van der Waals surface area contributed by atoms with Crippen molar-refractivity contribution in [2.45, 2.75) is 39.7 Å². The van der Waals surface area contributed by atoms with Gasteiger partial charge in [0.25, 0.3) is 0 Å². The fraction of sp³-hybridized carbons (Fsp3) is 0.435. The number of para-hydroxylation sites is 1. The Hall–Kier alpha value is -2.54. The molecular formula is C23H33N3O3S. The summed E-state index contributed by atoms with van der Waals surface area (Å²) in [5.74, 6) is -0.272. The molecule has 0 fully saturated rings. The van der Waals surface area contributed by atoms with E-state index in [0.29, 0.717) is 18.7 Å². The van der Waals surface area contributed by atoms with Crippen LogP contribution < -0.4 is 14.5 Å². The molecule has 2 aromatic rings. The van der Waals surface area contributed by atoms with Crippen molar-refractivity contribution >= 4 is 27.3 Å². The van der Waals surface area contributed by atoms with E-state index < -0.39 is 16.1 Å². The zero-order valence-corrected chi connectivity index (χ0v) is 19.4. The minimum atomic E-state index is -3.63. The van der Waals surface area contributed by atoms with Crippen LogP contribution in [0, 0.1) is 13.8 Å². The predicted molar refractivity (Wildman–Crippen MR) is 125 cm³/mol. The lowest BCUT2D eigenvalue weighted by Gasteiger charge is -2.31. The molecule has 0 aliphatic heterocycles. The van der Waals surface area contributed by atoms with E-state index in [2.05, 4.69) is 10.2 Å². The molecule has 164 valence electrons. The van der Waals surface area contributed by atoms with Gasteiger partial charge in [0.05, 0.1) is 11.9 Å². The molecule has 0 aromatic heterocycles. The predicted octanol–water partition coefficient (Wildman–Crippen LogP) is 3.49. The highest BCUT2D eigenvalue weighted by atomic mass is 32.2. The first-order valence-electron chi connectivity index (χ1n) is 10.3. The Morgan fingerprint density at radius 1 is 1.10 bits per heavy atom. The highest BCUT2D eigenvalue weighted by Gasteiger charge is 2.32. The standard InChI is InChI=1S/C23H33N3O3S/c1-6-21(26(30(5,28)29)22-17-18(2)13-14-19(22)3)23(27)24-15-10-16-25(4)20-11-8-7-9-12-20/h7-9,11-14,17,21H,6,10,15-16H2,1-5H3,(H,24,27)/t21-/m1/s1. The number of benzene rings is 2. The topological polar surface area (TPSA) is 69.7 Å². The average Bonchev–Trinajstić information content (AvgIpc) is 2.70. The maximum atomic E-state index is 12.9. The number of nitrogens with one attached hydrogen (secondary N) is 1. The number of sulfonamides is 1. The summed E-state index contributed by atoms with van der Waals surface area (Å²) in [4.78, 5) is 15.0. The molecular weight excluding hydrogens is 398 g/mol. The Labute approximate surface area is 180 Å². The lowest BCUT2D eigenvalue weighted by molar-refractivity contribution is -0.122. The summed E-state index contributed by atoms with van der Waals surface area (Å²) in [5, 5.41) is 2.93. The smallest absolute Gasteiger partial charge is 0.243 e. The summed E-state index contributed by atoms with van der Waals surface area (Å²) in [6, 6.07) is 14.9. The molecule has 2 aromatic carbocycles. The maximum Gasteiger partial charge on any atom is 0.243 e. The Morgan fingerprint density at radius 3 is 2.37 bits per heavy atom. The van der Waals surface area contributed by atoms with E-state index >= 15 is 0 Å². The number of hydrogen-bond acceptors (Lipinski definition) is 4. The third-order valence-electron chi connectivity index (χ3n) is 5.10. The zero-order valence-electron chi connectivity index (χ0n) is 18.6. The van der Waals surface area contributed by atoms with Crippen molar-refractivity contribution in [3.05, 3.63) is 59.7 Å². The molecule has 1 amide bonds. The molecule has 0 aliphatic rings. The fourth-order valence-electron chi connectivity index (χ4n) is 3.45. The SMILES string of the molecule is CC[C@H](C(=O)NCCCN(C)c1ccccc1)N(c1cc(C)ccc1C)S(C)(=O)=O. The van der Waals surface area contributed by atoms with Crippen molar-refractivity contribution < 1.29 is 13.2 Å². The highest BCUT2D eigenvalue weighted by molar-refractivity contribution is 7.92. The number of hydrogen-bond donors (Lipinski definition) is 1. The van der Waals surface area contributed by atoms with Crippen molar-refractivity contribution in [1.82, 2.24) is 5.32 Å². The summed E-state index contributed by atoms with van der Waals surface area (Å²) in [6.45, 7) is 6.87. The molecule has 2 rings (SSSR count). The van der Waals surface area contributed by atoms with Crippen LogP contribution in [0.1, 0.15) is 30.9 Å². The van der Waals surface area contributed by atoms with Gasteiger partial charge >= 0.3 is 0 Å². The Kier molecular flexibility index (Phi) is 8.29. The number of anilines is 2. The van der Waals surface area contributed by atoms with E-state index in [-0.39, 0.29) is 5.91 Å². The Balaban J connectivity index is 2.06. The van der Waals surface area contributed by atoms with Crippen LogP contribution in [-0.2, 0) is 14.8 Å². The van der Waals surface area contributed by atoms with E-state index in [0.717, 1.165) is 36.0 Å². The number of amides is 1. The molecule has 1 atom stereocenters. The van der Waals surface area contributed by atoms with Crippen LogP contribution in [0.4, 0.5) is 11.4 Å². The van der Waals surface area contributed by atoms with Gasteiger partial charge in [-0.1, -0.05) is 37.3 Å². The van der Waals surface area contributed by atoms with Gasteiger partial charge in [-0.05, 0) is 56.0 Å². The zero-order chi connectivity index (χ0) is 22.3. The molecule has 0 saturated heterocycles. The van der Waals surface area contributed by atoms with Crippen molar-refractivity contribution in [3.8, 4) is 0 Å². The van der Waals surface area contributed by atoms with Gasteiger partial charge in [-0.3, -0.25) is 9.10 Å². The molecule has 0 bridgehead atoms. The van der Waals surface area contributed by atoms with E-state index in [4.69, 9.17) is 0 Å². The molecule has 30 heavy (non-hydrogen) atoms. The van der Waals surface area contributed by atoms with Crippen molar-refractivity contribution in [3.63, 3.8) is 0 Å². The van der Waals surface area contributed by atoms with Crippen molar-refractivity contribution in [2.75, 3.05) is 35.6 Å². The summed E-state index contributed by atoms with van der Waals surface area (Å²) in [5.41, 5.74) is 3.45. The van der Waals surface area contributed by atoms with Crippen LogP contribution in [0.2, 0.25) is 0 Å². The average molecular weight is 432 g/mol. The van der Waals surface area contributed by atoms with Crippen LogP contribution in [-0.4, -0.2) is 46.8 Å². The monoisotopic (exact) mass is 431 g/mol. The second-order valence-electron chi connectivity index (χ2n) is 7.67. The van der Waals surface area contributed by atoms with Crippen molar-refractivity contribution in [2.24, 2.45) is 0 Å². The Morgan fingerprint density at radius 2 is 1.77 bits per heavy atom. The van der Waals surface area contributed by atoms with Gasteiger partial charge in [-0.2, -0.15) is 0 Å². The summed E-state index contributed by atoms with van der Waals surface area (Å²) in [7, 11) is -1.62. The van der Waals surface area contributed by atoms with Gasteiger partial charge in [-0.25, -0.2) is 8.42 Å². The minimum Gasteiger partial charge on any atom is -0.375 e. The van der Waals surface area contributed by atoms with Crippen LogP contribution >= 0.6 is 0 Å². The number of carbonyl (C=O) groups is 1. The highest BCUT2D eigenvalue weighted by Crippen LogP contribution is 2.27. The van der Waals surface area contributed by atoms with E-state index in [1.807, 2.05) is 76.3 Å². The molecule has 0 aliphatic carbocycles. The maximum absolute atomic E-state index is 12.9. The second-order valence-corrected chi connectivity index (χ2v) is 9.53. The van der Waals surface area contributed by atoms with Crippen LogP contribution in [0.25, 0.3) is 0 Å². The first kappa shape index (κ1) is 23.7. The number of aryl methyl sites for hydroxylation is 2. The van der Waals surface area contributed by atoms with Crippen LogP contribution in [0.3, 0.4) is 0 Å². The first-order chi connectivity index (χ1) is 14.1. The summed E-state index contributed by atoms with van der Waals surface area (Å²) >= 11 is 0.